The molecule has 11 aromatic rings. The summed E-state index contributed by atoms with van der Waals surface area (Å²) in [5, 5.41) is 4.72. The third-order valence-electron chi connectivity index (χ3n) is 10.6. The minimum atomic E-state index is 0.621. The van der Waals surface area contributed by atoms with Crippen LogP contribution in [-0.4, -0.2) is 29.1 Å². The first-order valence-corrected chi connectivity index (χ1v) is 18.7. The lowest BCUT2D eigenvalue weighted by Crippen LogP contribution is -2.00. The van der Waals surface area contributed by atoms with E-state index >= 15 is 0 Å². The van der Waals surface area contributed by atoms with Crippen molar-refractivity contribution in [2.45, 2.75) is 0 Å². The van der Waals surface area contributed by atoms with Gasteiger partial charge in [-0.2, -0.15) is 0 Å². The van der Waals surface area contributed by atoms with Crippen LogP contribution in [-0.2, 0) is 0 Å². The summed E-state index contributed by atoms with van der Waals surface area (Å²) in [6.07, 6.45) is 1.87. The van der Waals surface area contributed by atoms with Crippen molar-refractivity contribution < 1.29 is 0 Å². The quantitative estimate of drug-likeness (QED) is 0.172. The van der Waals surface area contributed by atoms with E-state index in [1.54, 1.807) is 0 Å². The van der Waals surface area contributed by atoms with E-state index in [2.05, 4.69) is 130 Å². The molecular weight excluding hydrogens is 685 g/mol. The van der Waals surface area contributed by atoms with Gasteiger partial charge in [0.2, 0.25) is 0 Å². The Morgan fingerprint density at radius 3 is 1.50 bits per heavy atom. The second-order valence-electron chi connectivity index (χ2n) is 13.9. The van der Waals surface area contributed by atoms with Gasteiger partial charge in [-0.3, -0.25) is 4.57 Å². The monoisotopic (exact) mass is 716 g/mol. The maximum atomic E-state index is 4.95. The van der Waals surface area contributed by atoms with Crippen molar-refractivity contribution in [2.75, 3.05) is 0 Å². The maximum absolute atomic E-state index is 4.95. The highest BCUT2D eigenvalue weighted by molar-refractivity contribution is 6.12. The Balaban J connectivity index is 1.03. The summed E-state index contributed by atoms with van der Waals surface area (Å²) in [5.74, 6) is 1.90. The van der Waals surface area contributed by atoms with Gasteiger partial charge in [0.05, 0.1) is 16.6 Å². The predicted molar refractivity (Wildman–Crippen MR) is 228 cm³/mol. The Labute approximate surface area is 322 Å². The molecule has 11 rings (SSSR count). The number of hydrogen-bond acceptors (Lipinski definition) is 4. The van der Waals surface area contributed by atoms with Gasteiger partial charge in [-0.15, -0.1) is 0 Å². The Morgan fingerprint density at radius 2 is 0.804 bits per heavy atom. The van der Waals surface area contributed by atoms with Gasteiger partial charge >= 0.3 is 0 Å². The normalized spacial score (nSPS) is 11.6. The van der Waals surface area contributed by atoms with Crippen LogP contribution < -0.4 is 0 Å². The van der Waals surface area contributed by atoms with Crippen molar-refractivity contribution in [2.24, 2.45) is 0 Å². The summed E-state index contributed by atoms with van der Waals surface area (Å²) >= 11 is 0. The van der Waals surface area contributed by atoms with Crippen LogP contribution in [0.4, 0.5) is 0 Å². The Hall–Kier alpha value is -7.70. The molecule has 262 valence electrons. The molecule has 0 saturated carbocycles. The molecule has 0 aliphatic rings. The molecule has 0 bridgehead atoms. The maximum Gasteiger partial charge on any atom is 0.164 e. The summed E-state index contributed by atoms with van der Waals surface area (Å²) in [6.45, 7) is 0. The third kappa shape index (κ3) is 5.27. The van der Waals surface area contributed by atoms with Crippen molar-refractivity contribution in [3.63, 3.8) is 0 Å². The molecule has 56 heavy (non-hydrogen) atoms. The molecule has 0 saturated heterocycles. The SMILES string of the molecule is c1ccc(-c2nc(-c3ccccc3)nc(-c3ccc(-n4c5cc(-c6ccc7c(c6)c6ccccc6n7-c6ccccc6)ccc5c5cccnc54)cc3)n2)cc1. The van der Waals surface area contributed by atoms with Crippen LogP contribution in [0.25, 0.3) is 100 Å². The van der Waals surface area contributed by atoms with Crippen LogP contribution in [0.1, 0.15) is 0 Å². The molecule has 0 atom stereocenters. The highest BCUT2D eigenvalue weighted by atomic mass is 15.1. The van der Waals surface area contributed by atoms with Crippen molar-refractivity contribution in [1.82, 2.24) is 29.1 Å². The number of pyridine rings is 1. The van der Waals surface area contributed by atoms with Crippen LogP contribution in [0, 0.1) is 0 Å². The van der Waals surface area contributed by atoms with Gasteiger partial charge in [0.15, 0.2) is 17.5 Å². The molecule has 0 unspecified atom stereocenters. The average molecular weight is 717 g/mol. The molecule has 0 amide bonds. The number of para-hydroxylation sites is 2. The van der Waals surface area contributed by atoms with Crippen molar-refractivity contribution in [3.05, 3.63) is 194 Å². The Morgan fingerprint density at radius 1 is 0.304 bits per heavy atom. The van der Waals surface area contributed by atoms with E-state index in [0.29, 0.717) is 17.5 Å². The summed E-state index contributed by atoms with van der Waals surface area (Å²) < 4.78 is 4.61. The molecule has 4 heterocycles. The summed E-state index contributed by atoms with van der Waals surface area (Å²) in [7, 11) is 0. The van der Waals surface area contributed by atoms with E-state index in [1.807, 2.05) is 72.9 Å². The second-order valence-corrected chi connectivity index (χ2v) is 13.9. The summed E-state index contributed by atoms with van der Waals surface area (Å²) in [4.78, 5) is 19.7. The molecule has 0 spiro atoms. The molecule has 0 aliphatic carbocycles. The van der Waals surface area contributed by atoms with Gasteiger partial charge in [0, 0.05) is 55.8 Å². The van der Waals surface area contributed by atoms with Crippen molar-refractivity contribution in [3.8, 4) is 56.7 Å². The molecule has 0 N–H and O–H groups in total. The molecule has 0 aliphatic heterocycles. The Kier molecular flexibility index (Phi) is 7.38. The molecule has 0 radical (unpaired) electrons. The van der Waals surface area contributed by atoms with Crippen molar-refractivity contribution in [1.29, 1.82) is 0 Å². The number of hydrogen-bond donors (Lipinski definition) is 0. The Bertz CT molecular complexity index is 3160. The van der Waals surface area contributed by atoms with E-state index in [0.717, 1.165) is 61.1 Å². The number of benzene rings is 7. The first-order valence-electron chi connectivity index (χ1n) is 18.7. The van der Waals surface area contributed by atoms with Crippen LogP contribution >= 0.6 is 0 Å². The van der Waals surface area contributed by atoms with Gasteiger partial charge in [-0.1, -0.05) is 115 Å². The summed E-state index contributed by atoms with van der Waals surface area (Å²) in [5.41, 5.74) is 11.6. The lowest BCUT2D eigenvalue weighted by molar-refractivity contribution is 1.07. The van der Waals surface area contributed by atoms with Crippen molar-refractivity contribution >= 4 is 43.7 Å². The zero-order valence-electron chi connectivity index (χ0n) is 30.2. The smallest absolute Gasteiger partial charge is 0.164 e. The van der Waals surface area contributed by atoms with Crippen LogP contribution in [0.3, 0.4) is 0 Å². The van der Waals surface area contributed by atoms with Gasteiger partial charge < -0.3 is 4.57 Å². The molecule has 6 heteroatoms. The van der Waals surface area contributed by atoms with E-state index in [9.17, 15) is 0 Å². The highest BCUT2D eigenvalue weighted by Gasteiger charge is 2.18. The van der Waals surface area contributed by atoms with Gasteiger partial charge in [0.1, 0.15) is 5.65 Å². The molecule has 7 aromatic carbocycles. The zero-order chi connectivity index (χ0) is 37.0. The molecule has 4 aromatic heterocycles. The minimum Gasteiger partial charge on any atom is -0.309 e. The fourth-order valence-corrected chi connectivity index (χ4v) is 7.99. The number of nitrogens with zero attached hydrogens (tertiary/aromatic N) is 6. The number of fused-ring (bicyclic) bond motifs is 6. The first kappa shape index (κ1) is 31.8. The largest absolute Gasteiger partial charge is 0.309 e. The zero-order valence-corrected chi connectivity index (χ0v) is 30.2. The standard InChI is InChI=1S/C50H32N6/c1-4-13-33(14-5-1)47-52-48(34-15-6-2-7-16-34)54-49(53-47)35-22-26-39(27-23-35)56-46-32-37(24-28-41(46)42-20-12-30-51-50(42)56)36-25-29-45-43(31-36)40-19-10-11-21-44(40)55(45)38-17-8-3-9-18-38/h1-32H. The number of aromatic nitrogens is 6. The van der Waals surface area contributed by atoms with E-state index < -0.39 is 0 Å². The van der Waals surface area contributed by atoms with Gasteiger partial charge in [-0.05, 0) is 83.9 Å². The second kappa shape index (κ2) is 13.0. The lowest BCUT2D eigenvalue weighted by atomic mass is 10.0. The third-order valence-corrected chi connectivity index (χ3v) is 10.6. The molecular formula is C50H32N6. The predicted octanol–water partition coefficient (Wildman–Crippen LogP) is 12.1. The highest BCUT2D eigenvalue weighted by Crippen LogP contribution is 2.38. The number of rotatable bonds is 6. The topological polar surface area (TPSA) is 61.4 Å². The van der Waals surface area contributed by atoms with E-state index in [-0.39, 0.29) is 0 Å². The van der Waals surface area contributed by atoms with Crippen LogP contribution in [0.15, 0.2) is 194 Å². The van der Waals surface area contributed by atoms with Gasteiger partial charge in [-0.25, -0.2) is 19.9 Å². The lowest BCUT2D eigenvalue weighted by Gasteiger charge is -2.11. The van der Waals surface area contributed by atoms with Gasteiger partial charge in [0.25, 0.3) is 0 Å². The fourth-order valence-electron chi connectivity index (χ4n) is 7.99. The first-order chi connectivity index (χ1) is 27.8. The molecule has 0 fully saturated rings. The van der Waals surface area contributed by atoms with E-state index in [1.165, 1.54) is 21.8 Å². The minimum absolute atomic E-state index is 0.621. The van der Waals surface area contributed by atoms with E-state index in [4.69, 9.17) is 19.9 Å². The fraction of sp³-hybridized carbons (Fsp3) is 0. The van der Waals surface area contributed by atoms with Crippen LogP contribution in [0.2, 0.25) is 0 Å². The average Bonchev–Trinajstić information content (AvgIpc) is 3.79. The molecule has 6 nitrogen and oxygen atoms in total. The van der Waals surface area contributed by atoms with Crippen LogP contribution in [0.5, 0.6) is 0 Å². The summed E-state index contributed by atoms with van der Waals surface area (Å²) in [6, 6.07) is 65.6.